The van der Waals surface area contributed by atoms with E-state index in [1.165, 1.54) is 37.3 Å². The lowest BCUT2D eigenvalue weighted by molar-refractivity contribution is -0.274. The monoisotopic (exact) mass is 517 g/mol. The summed E-state index contributed by atoms with van der Waals surface area (Å²) in [6.07, 6.45) is -4.94. The maximum Gasteiger partial charge on any atom is 0.573 e. The second-order valence-electron chi connectivity index (χ2n) is 7.69. The molecule has 3 N–H and O–H groups in total. The third kappa shape index (κ3) is 8.35. The smallest absolute Gasteiger partial charge is 0.492 e. The van der Waals surface area contributed by atoms with Crippen LogP contribution >= 0.6 is 0 Å². The number of sulfonamides is 1. The van der Waals surface area contributed by atoms with Gasteiger partial charge in [0.25, 0.3) is 10.0 Å². The summed E-state index contributed by atoms with van der Waals surface area (Å²) in [5.41, 5.74) is 0.0515. The molecule has 2 rings (SSSR count). The van der Waals surface area contributed by atoms with E-state index in [4.69, 9.17) is 4.74 Å². The number of benzene rings is 2. The number of amides is 2. The molecule has 0 saturated carbocycles. The first-order valence-electron chi connectivity index (χ1n) is 10.4. The molecule has 9 nitrogen and oxygen atoms in total. The highest BCUT2D eigenvalue weighted by atomic mass is 32.2. The van der Waals surface area contributed by atoms with Crippen LogP contribution in [0.5, 0.6) is 11.5 Å². The fourth-order valence-electron chi connectivity index (χ4n) is 3.02. The van der Waals surface area contributed by atoms with Gasteiger partial charge in [-0.15, -0.1) is 13.2 Å². The molecule has 0 radical (unpaired) electrons. The highest BCUT2D eigenvalue weighted by Gasteiger charge is 2.31. The summed E-state index contributed by atoms with van der Waals surface area (Å²) < 4.78 is 74.8. The summed E-state index contributed by atoms with van der Waals surface area (Å²) in [5, 5.41) is 5.17. The SMILES string of the molecule is CCOc1cc(NC(=O)[C@@H](NC(C)=O)C(C)C)ccc1S(=O)(=O)Nc1cccc(OC(F)(F)F)c1. The van der Waals surface area contributed by atoms with Gasteiger partial charge in [0.05, 0.1) is 12.3 Å². The van der Waals surface area contributed by atoms with Gasteiger partial charge >= 0.3 is 6.36 Å². The van der Waals surface area contributed by atoms with Crippen LogP contribution in [-0.2, 0) is 19.6 Å². The Balaban J connectivity index is 2.31. The fourth-order valence-corrected chi connectivity index (χ4v) is 4.19. The number of hydrogen-bond donors (Lipinski definition) is 3. The largest absolute Gasteiger partial charge is 0.573 e. The maximum atomic E-state index is 13.0. The van der Waals surface area contributed by atoms with Crippen LogP contribution in [0.4, 0.5) is 24.5 Å². The molecule has 0 aliphatic rings. The molecule has 0 bridgehead atoms. The molecule has 0 fully saturated rings. The van der Waals surface area contributed by atoms with Crippen LogP contribution in [0.3, 0.4) is 0 Å². The molecule has 0 aromatic heterocycles. The standard InChI is InChI=1S/C22H26F3N3O6S/c1-5-33-18-12-15(27-21(30)20(13(2)3)26-14(4)29)9-10-19(18)35(31,32)28-16-7-6-8-17(11-16)34-22(23,24)25/h6-13,20,28H,5H2,1-4H3,(H,26,29)(H,27,30)/t20-/m0/s1. The van der Waals surface area contributed by atoms with Gasteiger partial charge in [0.15, 0.2) is 0 Å². The zero-order valence-electron chi connectivity index (χ0n) is 19.4. The third-order valence-electron chi connectivity index (χ3n) is 4.43. The van der Waals surface area contributed by atoms with Crippen molar-refractivity contribution in [2.24, 2.45) is 5.92 Å². The van der Waals surface area contributed by atoms with Crippen molar-refractivity contribution < 1.29 is 40.7 Å². The van der Waals surface area contributed by atoms with Crippen molar-refractivity contribution in [2.45, 2.75) is 45.0 Å². The van der Waals surface area contributed by atoms with Crippen LogP contribution in [0.2, 0.25) is 0 Å². The topological polar surface area (TPSA) is 123 Å². The summed E-state index contributed by atoms with van der Waals surface area (Å²) in [7, 11) is -4.30. The van der Waals surface area contributed by atoms with Gasteiger partial charge in [0, 0.05) is 24.7 Å². The summed E-state index contributed by atoms with van der Waals surface area (Å²) in [6.45, 7) is 6.51. The van der Waals surface area contributed by atoms with Gasteiger partial charge in [-0.1, -0.05) is 19.9 Å². The van der Waals surface area contributed by atoms with Gasteiger partial charge in [0.1, 0.15) is 22.4 Å². The van der Waals surface area contributed by atoms with Crippen LogP contribution in [0, 0.1) is 5.92 Å². The van der Waals surface area contributed by atoms with Gasteiger partial charge in [-0.2, -0.15) is 0 Å². The second-order valence-corrected chi connectivity index (χ2v) is 9.34. The number of halogens is 3. The van der Waals surface area contributed by atoms with Gasteiger partial charge in [-0.05, 0) is 37.1 Å². The first kappa shape index (κ1) is 27.8. The van der Waals surface area contributed by atoms with E-state index in [1.807, 2.05) is 0 Å². The highest BCUT2D eigenvalue weighted by molar-refractivity contribution is 7.92. The number of carbonyl (C=O) groups excluding carboxylic acids is 2. The lowest BCUT2D eigenvalue weighted by atomic mass is 10.0. The minimum Gasteiger partial charge on any atom is -0.492 e. The highest BCUT2D eigenvalue weighted by Crippen LogP contribution is 2.31. The molecule has 13 heteroatoms. The first-order valence-corrected chi connectivity index (χ1v) is 11.9. The number of hydrogen-bond acceptors (Lipinski definition) is 6. The molecular weight excluding hydrogens is 491 g/mol. The molecule has 2 aromatic rings. The fraction of sp³-hybridized carbons (Fsp3) is 0.364. The summed E-state index contributed by atoms with van der Waals surface area (Å²) >= 11 is 0. The molecule has 1 atom stereocenters. The van der Waals surface area contributed by atoms with E-state index in [9.17, 15) is 31.2 Å². The van der Waals surface area contributed by atoms with Gasteiger partial charge in [-0.3, -0.25) is 14.3 Å². The number of ether oxygens (including phenoxy) is 2. The van der Waals surface area contributed by atoms with Crippen LogP contribution in [0.1, 0.15) is 27.7 Å². The maximum absolute atomic E-state index is 13.0. The Hall–Kier alpha value is -3.48. The van der Waals surface area contributed by atoms with E-state index >= 15 is 0 Å². The van der Waals surface area contributed by atoms with Gasteiger partial charge in [-0.25, -0.2) is 8.42 Å². The molecular formula is C22H26F3N3O6S. The van der Waals surface area contributed by atoms with E-state index in [0.29, 0.717) is 0 Å². The minimum atomic E-state index is -4.94. The average Bonchev–Trinajstić information content (AvgIpc) is 2.70. The molecule has 0 unspecified atom stereocenters. The van der Waals surface area contributed by atoms with E-state index in [1.54, 1.807) is 20.8 Å². The third-order valence-corrected chi connectivity index (χ3v) is 5.85. The van der Waals surface area contributed by atoms with E-state index < -0.39 is 34.1 Å². The van der Waals surface area contributed by atoms with Crippen molar-refractivity contribution in [2.75, 3.05) is 16.6 Å². The number of nitrogens with one attached hydrogen (secondary N) is 3. The van der Waals surface area contributed by atoms with Crippen LogP contribution in [0.15, 0.2) is 47.4 Å². The Morgan fingerprint density at radius 2 is 1.74 bits per heavy atom. The Morgan fingerprint density at radius 1 is 1.06 bits per heavy atom. The molecule has 2 aromatic carbocycles. The molecule has 0 spiro atoms. The summed E-state index contributed by atoms with van der Waals surface area (Å²) in [5.74, 6) is -1.80. The molecule has 0 saturated heterocycles. The number of rotatable bonds is 10. The lowest BCUT2D eigenvalue weighted by Crippen LogP contribution is -2.46. The minimum absolute atomic E-state index is 0.0926. The molecule has 2 amide bonds. The quantitative estimate of drug-likeness (QED) is 0.440. The Morgan fingerprint density at radius 3 is 2.31 bits per heavy atom. The number of alkyl halides is 3. The van der Waals surface area contributed by atoms with Crippen molar-refractivity contribution in [3.05, 3.63) is 42.5 Å². The summed E-state index contributed by atoms with van der Waals surface area (Å²) in [4.78, 5) is 23.7. The number of anilines is 2. The second kappa shape index (κ2) is 11.3. The van der Waals surface area contributed by atoms with Crippen molar-refractivity contribution in [1.29, 1.82) is 0 Å². The molecule has 0 heterocycles. The predicted molar refractivity (Wildman–Crippen MR) is 123 cm³/mol. The molecule has 0 aliphatic heterocycles. The number of carbonyl (C=O) groups is 2. The molecule has 0 aliphatic carbocycles. The normalized spacial score (nSPS) is 12.6. The molecule has 192 valence electrons. The molecule has 35 heavy (non-hydrogen) atoms. The zero-order valence-corrected chi connectivity index (χ0v) is 20.2. The van der Waals surface area contributed by atoms with Gasteiger partial charge in [0.2, 0.25) is 11.8 Å². The van der Waals surface area contributed by atoms with Crippen molar-refractivity contribution >= 4 is 33.2 Å². The van der Waals surface area contributed by atoms with Crippen molar-refractivity contribution in [3.8, 4) is 11.5 Å². The van der Waals surface area contributed by atoms with Crippen LogP contribution in [0.25, 0.3) is 0 Å². The van der Waals surface area contributed by atoms with E-state index in [2.05, 4.69) is 20.1 Å². The first-order chi connectivity index (χ1) is 16.2. The van der Waals surface area contributed by atoms with Crippen LogP contribution in [-0.4, -0.2) is 39.2 Å². The van der Waals surface area contributed by atoms with E-state index in [-0.39, 0.29) is 40.5 Å². The Bertz CT molecular complexity index is 1170. The predicted octanol–water partition coefficient (Wildman–Crippen LogP) is 3.88. The average molecular weight is 518 g/mol. The zero-order chi connectivity index (χ0) is 26.4. The van der Waals surface area contributed by atoms with Crippen LogP contribution < -0.4 is 24.8 Å². The van der Waals surface area contributed by atoms with Crippen molar-refractivity contribution in [3.63, 3.8) is 0 Å². The van der Waals surface area contributed by atoms with Crippen molar-refractivity contribution in [1.82, 2.24) is 5.32 Å². The lowest BCUT2D eigenvalue weighted by Gasteiger charge is -2.21. The Labute approximate surface area is 201 Å². The Kier molecular flexibility index (Phi) is 8.96. The van der Waals surface area contributed by atoms with E-state index in [0.717, 1.165) is 12.1 Å². The summed E-state index contributed by atoms with van der Waals surface area (Å²) in [6, 6.07) is 7.34. The van der Waals surface area contributed by atoms with Gasteiger partial charge < -0.3 is 20.1 Å².